The highest BCUT2D eigenvalue weighted by Crippen LogP contribution is 2.26. The summed E-state index contributed by atoms with van der Waals surface area (Å²) in [6, 6.07) is 3.33. The van der Waals surface area contributed by atoms with Crippen LogP contribution in [0.4, 0.5) is 11.4 Å². The number of hydrogen-bond donors (Lipinski definition) is 2. The van der Waals surface area contributed by atoms with Crippen LogP contribution in [0.2, 0.25) is 0 Å². The van der Waals surface area contributed by atoms with Crippen LogP contribution in [-0.2, 0) is 0 Å². The Morgan fingerprint density at radius 1 is 1.32 bits per heavy atom. The first kappa shape index (κ1) is 12.4. The molecule has 0 radical (unpaired) electrons. The van der Waals surface area contributed by atoms with Gasteiger partial charge in [0, 0.05) is 11.6 Å². The van der Waals surface area contributed by atoms with E-state index in [9.17, 15) is 20.0 Å². The van der Waals surface area contributed by atoms with E-state index in [4.69, 9.17) is 0 Å². The molecular formula is C11H8N4O4. The molecule has 1 aromatic carbocycles. The second kappa shape index (κ2) is 5.08. The first-order valence-corrected chi connectivity index (χ1v) is 5.11. The monoisotopic (exact) mass is 260 g/mol. The molecule has 1 heterocycles. The van der Waals surface area contributed by atoms with E-state index in [1.54, 1.807) is 0 Å². The Labute approximate surface area is 106 Å². The maximum Gasteiger partial charge on any atom is 0.310 e. The third-order valence-electron chi connectivity index (χ3n) is 2.25. The van der Waals surface area contributed by atoms with Gasteiger partial charge in [0.2, 0.25) is 0 Å². The molecule has 0 bridgehead atoms. The van der Waals surface area contributed by atoms with Crippen molar-refractivity contribution >= 4 is 17.3 Å². The molecule has 0 saturated heterocycles. The third kappa shape index (κ3) is 2.80. The fraction of sp³-hybridized carbons (Fsp3) is 0. The van der Waals surface area contributed by atoms with Crippen LogP contribution >= 0.6 is 0 Å². The number of aromatic nitrogens is 2. The Kier molecular flexibility index (Phi) is 3.33. The smallest absolute Gasteiger partial charge is 0.310 e. The number of carbonyl (C=O) groups is 1. The van der Waals surface area contributed by atoms with Gasteiger partial charge < -0.3 is 10.4 Å². The van der Waals surface area contributed by atoms with Crippen molar-refractivity contribution in [3.05, 3.63) is 52.6 Å². The van der Waals surface area contributed by atoms with E-state index in [0.29, 0.717) is 5.69 Å². The molecule has 0 aliphatic heterocycles. The largest absolute Gasteiger partial charge is 0.502 e. The van der Waals surface area contributed by atoms with Gasteiger partial charge in [-0.25, -0.2) is 9.97 Å². The third-order valence-corrected chi connectivity index (χ3v) is 2.25. The first-order chi connectivity index (χ1) is 9.08. The molecule has 2 aromatic rings. The molecule has 96 valence electrons. The Morgan fingerprint density at radius 2 is 2.00 bits per heavy atom. The van der Waals surface area contributed by atoms with Crippen LogP contribution in [-0.4, -0.2) is 25.9 Å². The highest BCUT2D eigenvalue weighted by molar-refractivity contribution is 6.04. The van der Waals surface area contributed by atoms with Gasteiger partial charge in [0.1, 0.15) is 6.33 Å². The fourth-order valence-corrected chi connectivity index (χ4v) is 1.39. The molecule has 0 unspecified atom stereocenters. The molecule has 1 aromatic heterocycles. The van der Waals surface area contributed by atoms with Gasteiger partial charge in [-0.05, 0) is 12.1 Å². The molecule has 0 spiro atoms. The van der Waals surface area contributed by atoms with E-state index < -0.39 is 22.3 Å². The second-order valence-corrected chi connectivity index (χ2v) is 3.54. The lowest BCUT2D eigenvalue weighted by Crippen LogP contribution is -2.12. The van der Waals surface area contributed by atoms with Crippen LogP contribution in [0.5, 0.6) is 5.75 Å². The van der Waals surface area contributed by atoms with Gasteiger partial charge in [0.15, 0.2) is 5.75 Å². The number of nitro groups is 1. The number of nitrogens with zero attached hydrogens (tertiary/aromatic N) is 3. The highest BCUT2D eigenvalue weighted by atomic mass is 16.6. The summed E-state index contributed by atoms with van der Waals surface area (Å²) in [7, 11) is 0. The van der Waals surface area contributed by atoms with Crippen LogP contribution in [0.3, 0.4) is 0 Å². The fourth-order valence-electron chi connectivity index (χ4n) is 1.39. The minimum Gasteiger partial charge on any atom is -0.502 e. The predicted octanol–water partition coefficient (Wildman–Crippen LogP) is 1.34. The number of nitrogens with one attached hydrogen (secondary N) is 1. The average Bonchev–Trinajstić information content (AvgIpc) is 2.39. The molecule has 2 rings (SSSR count). The van der Waals surface area contributed by atoms with Crippen molar-refractivity contribution in [1.29, 1.82) is 0 Å². The standard InChI is InChI=1S/C11H8N4O4/c16-10-3-7(1-2-9(10)15(18)19)11(17)14-8-4-12-6-13-5-8/h1-6,16H,(H,14,17). The summed E-state index contributed by atoms with van der Waals surface area (Å²) in [6.45, 7) is 0. The number of benzene rings is 1. The summed E-state index contributed by atoms with van der Waals surface area (Å²) in [5.41, 5.74) is 0.0110. The summed E-state index contributed by atoms with van der Waals surface area (Å²) in [4.78, 5) is 29.0. The predicted molar refractivity (Wildman–Crippen MR) is 64.7 cm³/mol. The number of anilines is 1. The summed E-state index contributed by atoms with van der Waals surface area (Å²) in [5, 5.41) is 22.4. The summed E-state index contributed by atoms with van der Waals surface area (Å²) < 4.78 is 0. The van der Waals surface area contributed by atoms with Crippen LogP contribution in [0.25, 0.3) is 0 Å². The molecule has 2 N–H and O–H groups in total. The number of phenols is 1. The van der Waals surface area contributed by atoms with Gasteiger partial charge in [-0.1, -0.05) is 0 Å². The Hall–Kier alpha value is -3.03. The van der Waals surface area contributed by atoms with Crippen molar-refractivity contribution in [1.82, 2.24) is 9.97 Å². The number of nitro benzene ring substituents is 1. The lowest BCUT2D eigenvalue weighted by Gasteiger charge is -2.04. The van der Waals surface area contributed by atoms with E-state index in [0.717, 1.165) is 12.1 Å². The topological polar surface area (TPSA) is 118 Å². The second-order valence-electron chi connectivity index (χ2n) is 3.54. The Balaban J connectivity index is 2.21. The highest BCUT2D eigenvalue weighted by Gasteiger charge is 2.16. The number of rotatable bonds is 3. The zero-order valence-electron chi connectivity index (χ0n) is 9.48. The lowest BCUT2D eigenvalue weighted by molar-refractivity contribution is -0.385. The van der Waals surface area contributed by atoms with Crippen molar-refractivity contribution in [2.24, 2.45) is 0 Å². The van der Waals surface area contributed by atoms with Crippen LogP contribution in [0.15, 0.2) is 36.9 Å². The molecule has 19 heavy (non-hydrogen) atoms. The quantitative estimate of drug-likeness (QED) is 0.635. The normalized spacial score (nSPS) is 9.89. The molecule has 8 nitrogen and oxygen atoms in total. The Morgan fingerprint density at radius 3 is 2.58 bits per heavy atom. The number of amides is 1. The first-order valence-electron chi connectivity index (χ1n) is 5.11. The maximum atomic E-state index is 11.8. The van der Waals surface area contributed by atoms with Gasteiger partial charge in [0.25, 0.3) is 5.91 Å². The van der Waals surface area contributed by atoms with Crippen molar-refractivity contribution < 1.29 is 14.8 Å². The van der Waals surface area contributed by atoms with E-state index in [1.807, 2.05) is 0 Å². The van der Waals surface area contributed by atoms with Gasteiger partial charge in [-0.2, -0.15) is 0 Å². The van der Waals surface area contributed by atoms with Gasteiger partial charge in [0.05, 0.1) is 23.0 Å². The molecule has 0 saturated carbocycles. The average molecular weight is 260 g/mol. The minimum absolute atomic E-state index is 0.0898. The van der Waals surface area contributed by atoms with E-state index in [2.05, 4.69) is 15.3 Å². The Bertz CT molecular complexity index is 630. The van der Waals surface area contributed by atoms with Gasteiger partial charge in [-0.15, -0.1) is 0 Å². The zero-order chi connectivity index (χ0) is 13.8. The number of aromatic hydroxyl groups is 1. The number of hydrogen-bond acceptors (Lipinski definition) is 6. The van der Waals surface area contributed by atoms with Crippen molar-refractivity contribution in [3.63, 3.8) is 0 Å². The van der Waals surface area contributed by atoms with Gasteiger partial charge in [-0.3, -0.25) is 14.9 Å². The maximum absolute atomic E-state index is 11.8. The molecule has 1 amide bonds. The van der Waals surface area contributed by atoms with Crippen LogP contribution in [0.1, 0.15) is 10.4 Å². The van der Waals surface area contributed by atoms with E-state index in [1.165, 1.54) is 24.8 Å². The molecule has 0 atom stereocenters. The molecule has 0 aliphatic rings. The molecule has 0 aliphatic carbocycles. The van der Waals surface area contributed by atoms with Crippen LogP contribution in [0, 0.1) is 10.1 Å². The van der Waals surface area contributed by atoms with Crippen LogP contribution < -0.4 is 5.32 Å². The molecular weight excluding hydrogens is 252 g/mol. The van der Waals surface area contributed by atoms with Crippen molar-refractivity contribution in [2.75, 3.05) is 5.32 Å². The SMILES string of the molecule is O=C(Nc1cncnc1)c1ccc([N+](=O)[O-])c(O)c1. The summed E-state index contributed by atoms with van der Waals surface area (Å²) in [5.74, 6) is -1.10. The van der Waals surface area contributed by atoms with E-state index in [-0.39, 0.29) is 5.56 Å². The number of carbonyl (C=O) groups excluding carboxylic acids is 1. The van der Waals surface area contributed by atoms with Crippen molar-refractivity contribution in [3.8, 4) is 5.75 Å². The van der Waals surface area contributed by atoms with E-state index >= 15 is 0 Å². The summed E-state index contributed by atoms with van der Waals surface area (Å²) in [6.07, 6.45) is 4.11. The molecule has 0 fully saturated rings. The van der Waals surface area contributed by atoms with Gasteiger partial charge >= 0.3 is 5.69 Å². The van der Waals surface area contributed by atoms with Crippen molar-refractivity contribution in [2.45, 2.75) is 0 Å². The zero-order valence-corrected chi connectivity index (χ0v) is 9.48. The summed E-state index contributed by atoms with van der Waals surface area (Å²) >= 11 is 0. The number of phenolic OH excluding ortho intramolecular Hbond substituents is 1. The lowest BCUT2D eigenvalue weighted by atomic mass is 10.2. The molecule has 8 heteroatoms. The minimum atomic E-state index is -0.734.